The maximum absolute atomic E-state index is 12.4. The third kappa shape index (κ3) is 6.40. The second-order valence-electron chi connectivity index (χ2n) is 8.47. The Hall–Kier alpha value is -3.76. The van der Waals surface area contributed by atoms with E-state index >= 15 is 0 Å². The molecule has 1 aliphatic rings. The largest absolute Gasteiger partial charge is 0.465 e. The van der Waals surface area contributed by atoms with E-state index in [9.17, 15) is 9.59 Å². The molecule has 0 spiro atoms. The summed E-state index contributed by atoms with van der Waals surface area (Å²) in [5, 5.41) is 13.6. The van der Waals surface area contributed by atoms with Gasteiger partial charge in [-0.3, -0.25) is 9.59 Å². The quantitative estimate of drug-likeness (QED) is 0.480. The number of carbonyl (C=O) groups excluding carboxylic acids is 1. The molecule has 3 aromatic rings. The van der Waals surface area contributed by atoms with Gasteiger partial charge in [0.1, 0.15) is 5.69 Å². The van der Waals surface area contributed by atoms with Gasteiger partial charge in [-0.1, -0.05) is 30.3 Å². The highest BCUT2D eigenvalue weighted by molar-refractivity contribution is 5.72. The zero-order chi connectivity index (χ0) is 23.8. The number of nitriles is 1. The molecule has 1 aliphatic heterocycles. The molecule has 0 radical (unpaired) electrons. The van der Waals surface area contributed by atoms with Gasteiger partial charge in [-0.15, -0.1) is 0 Å². The van der Waals surface area contributed by atoms with Gasteiger partial charge in [0.15, 0.2) is 0 Å². The number of esters is 1. The van der Waals surface area contributed by atoms with Gasteiger partial charge in [0.25, 0.3) is 0 Å². The van der Waals surface area contributed by atoms with Crippen molar-refractivity contribution in [2.24, 2.45) is 5.92 Å². The normalized spacial score (nSPS) is 13.9. The average Bonchev–Trinajstić information content (AvgIpc) is 2.86. The van der Waals surface area contributed by atoms with Crippen LogP contribution >= 0.6 is 0 Å². The molecule has 2 aromatic carbocycles. The van der Waals surface area contributed by atoms with Crippen LogP contribution < -0.4 is 5.43 Å². The Bertz CT molecular complexity index is 1240. The van der Waals surface area contributed by atoms with Gasteiger partial charge in [0.05, 0.1) is 30.3 Å². The molecule has 0 atom stereocenters. The van der Waals surface area contributed by atoms with Gasteiger partial charge in [-0.2, -0.15) is 10.4 Å². The molecule has 7 nitrogen and oxygen atoms in total. The van der Waals surface area contributed by atoms with Gasteiger partial charge < -0.3 is 9.47 Å². The van der Waals surface area contributed by atoms with E-state index in [1.807, 2.05) is 30.3 Å². The van der Waals surface area contributed by atoms with Crippen LogP contribution in [0.4, 0.5) is 0 Å². The van der Waals surface area contributed by atoms with E-state index in [2.05, 4.69) is 11.2 Å². The molecule has 1 fully saturated rings. The van der Waals surface area contributed by atoms with E-state index in [1.54, 1.807) is 29.1 Å². The van der Waals surface area contributed by atoms with Crippen molar-refractivity contribution in [1.29, 1.82) is 5.26 Å². The second kappa shape index (κ2) is 11.4. The van der Waals surface area contributed by atoms with Crippen molar-refractivity contribution in [3.05, 3.63) is 93.4 Å². The first kappa shape index (κ1) is 23.4. The zero-order valence-electron chi connectivity index (χ0n) is 19.0. The number of rotatable bonds is 8. The van der Waals surface area contributed by atoms with Crippen LogP contribution in [0.25, 0.3) is 5.69 Å². The molecule has 7 heteroatoms. The minimum absolute atomic E-state index is 0.161. The van der Waals surface area contributed by atoms with Crippen LogP contribution in [0.15, 0.2) is 65.6 Å². The van der Waals surface area contributed by atoms with E-state index in [-0.39, 0.29) is 17.8 Å². The Balaban J connectivity index is 1.38. The van der Waals surface area contributed by atoms with Crippen LogP contribution in [0.3, 0.4) is 0 Å². The first-order valence-corrected chi connectivity index (χ1v) is 11.5. The van der Waals surface area contributed by atoms with Gasteiger partial charge in [0, 0.05) is 31.9 Å². The molecule has 0 unspecified atom stereocenters. The fourth-order valence-corrected chi connectivity index (χ4v) is 4.07. The van der Waals surface area contributed by atoms with Gasteiger partial charge in [0.2, 0.25) is 5.43 Å². The predicted octanol–water partition coefficient (Wildman–Crippen LogP) is 3.60. The Kier molecular flexibility index (Phi) is 7.84. The van der Waals surface area contributed by atoms with Crippen molar-refractivity contribution in [2.75, 3.05) is 19.8 Å². The number of hydrogen-bond acceptors (Lipinski definition) is 6. The van der Waals surface area contributed by atoms with E-state index in [1.165, 1.54) is 6.07 Å². The third-order valence-electron chi connectivity index (χ3n) is 5.96. The number of carbonyl (C=O) groups is 1. The molecule has 0 amide bonds. The smallest absolute Gasteiger partial charge is 0.310 e. The Morgan fingerprint density at radius 2 is 1.91 bits per heavy atom. The van der Waals surface area contributed by atoms with E-state index in [0.717, 1.165) is 43.6 Å². The van der Waals surface area contributed by atoms with Gasteiger partial charge in [-0.25, -0.2) is 4.68 Å². The van der Waals surface area contributed by atoms with Crippen LogP contribution in [0.1, 0.15) is 41.6 Å². The molecule has 0 saturated carbocycles. The number of aromatic nitrogens is 2. The SMILES string of the molecule is N#Cc1cccc(-n2ccc(=O)c(Cc3cccc(CC(=O)OCCC4CCOCC4)c3)n2)c1. The molecule has 2 heterocycles. The van der Waals surface area contributed by atoms with Crippen LogP contribution in [0.2, 0.25) is 0 Å². The predicted molar refractivity (Wildman–Crippen MR) is 127 cm³/mol. The van der Waals surface area contributed by atoms with Crippen LogP contribution in [-0.4, -0.2) is 35.6 Å². The highest BCUT2D eigenvalue weighted by atomic mass is 16.5. The highest BCUT2D eigenvalue weighted by Gasteiger charge is 2.15. The molecule has 4 rings (SSSR count). The van der Waals surface area contributed by atoms with Crippen LogP contribution in [0, 0.1) is 17.2 Å². The van der Waals surface area contributed by atoms with Crippen molar-refractivity contribution >= 4 is 5.97 Å². The topological polar surface area (TPSA) is 94.2 Å². The summed E-state index contributed by atoms with van der Waals surface area (Å²) in [6.07, 6.45) is 5.05. The van der Waals surface area contributed by atoms with Gasteiger partial charge in [-0.05, 0) is 54.5 Å². The maximum atomic E-state index is 12.4. The van der Waals surface area contributed by atoms with Crippen molar-refractivity contribution in [1.82, 2.24) is 9.78 Å². The summed E-state index contributed by atoms with van der Waals surface area (Å²) in [4.78, 5) is 24.7. The summed E-state index contributed by atoms with van der Waals surface area (Å²) in [6, 6.07) is 18.2. The fraction of sp³-hybridized carbons (Fsp3) is 0.333. The van der Waals surface area contributed by atoms with E-state index < -0.39 is 0 Å². The lowest BCUT2D eigenvalue weighted by Crippen LogP contribution is -2.18. The summed E-state index contributed by atoms with van der Waals surface area (Å²) in [7, 11) is 0. The van der Waals surface area contributed by atoms with Crippen LogP contribution in [-0.2, 0) is 27.1 Å². The molecular weight excluding hydrogens is 430 g/mol. The lowest BCUT2D eigenvalue weighted by molar-refractivity contribution is -0.143. The standard InChI is InChI=1S/C27H27N3O4/c28-19-23-5-2-6-24(16-23)30-11-7-26(31)25(29-30)17-21-3-1-4-22(15-21)18-27(32)34-14-10-20-8-12-33-13-9-20/h1-7,11,15-16,20H,8-10,12-14,17-18H2. The number of nitrogens with zero attached hydrogens (tertiary/aromatic N) is 3. The maximum Gasteiger partial charge on any atom is 0.310 e. The molecule has 0 N–H and O–H groups in total. The summed E-state index contributed by atoms with van der Waals surface area (Å²) in [6.45, 7) is 2.02. The van der Waals surface area contributed by atoms with Crippen LogP contribution in [0.5, 0.6) is 0 Å². The molecule has 34 heavy (non-hydrogen) atoms. The van der Waals surface area contributed by atoms with Crippen molar-refractivity contribution in [3.8, 4) is 11.8 Å². The summed E-state index contributed by atoms with van der Waals surface area (Å²) in [5.74, 6) is 0.316. The van der Waals surface area contributed by atoms with Crippen molar-refractivity contribution in [2.45, 2.75) is 32.1 Å². The minimum atomic E-state index is -0.248. The molecular formula is C27H27N3O4. The zero-order valence-corrected chi connectivity index (χ0v) is 19.0. The summed E-state index contributed by atoms with van der Waals surface area (Å²) < 4.78 is 12.4. The first-order valence-electron chi connectivity index (χ1n) is 11.5. The monoisotopic (exact) mass is 457 g/mol. The number of hydrogen-bond donors (Lipinski definition) is 0. The minimum Gasteiger partial charge on any atom is -0.465 e. The molecule has 0 bridgehead atoms. The molecule has 1 aromatic heterocycles. The summed E-state index contributed by atoms with van der Waals surface area (Å²) in [5.41, 5.74) is 3.18. The van der Waals surface area contributed by atoms with Gasteiger partial charge >= 0.3 is 5.97 Å². The lowest BCUT2D eigenvalue weighted by atomic mass is 9.97. The number of ether oxygens (including phenoxy) is 2. The third-order valence-corrected chi connectivity index (χ3v) is 5.96. The lowest BCUT2D eigenvalue weighted by Gasteiger charge is -2.21. The Morgan fingerprint density at radius 1 is 1.12 bits per heavy atom. The first-order chi connectivity index (χ1) is 16.6. The fourth-order valence-electron chi connectivity index (χ4n) is 4.07. The molecule has 0 aliphatic carbocycles. The molecule has 1 saturated heterocycles. The van der Waals surface area contributed by atoms with E-state index in [4.69, 9.17) is 14.7 Å². The molecule has 174 valence electrons. The highest BCUT2D eigenvalue weighted by Crippen LogP contribution is 2.18. The van der Waals surface area contributed by atoms with E-state index in [0.29, 0.717) is 35.9 Å². The van der Waals surface area contributed by atoms with Crippen molar-refractivity contribution in [3.63, 3.8) is 0 Å². The Labute approximate surface area is 198 Å². The second-order valence-corrected chi connectivity index (χ2v) is 8.47. The Morgan fingerprint density at radius 3 is 2.74 bits per heavy atom. The number of benzene rings is 2. The van der Waals surface area contributed by atoms with Crippen molar-refractivity contribution < 1.29 is 14.3 Å². The summed E-state index contributed by atoms with van der Waals surface area (Å²) >= 11 is 0. The average molecular weight is 458 g/mol.